The largest absolute Gasteiger partial charge is 0.324 e. The monoisotopic (exact) mass is 374 g/mol. The van der Waals surface area contributed by atoms with Crippen molar-refractivity contribution in [1.29, 1.82) is 0 Å². The highest BCUT2D eigenvalue weighted by atomic mass is 16.2. The first-order chi connectivity index (χ1) is 13.7. The van der Waals surface area contributed by atoms with Crippen LogP contribution in [0.1, 0.15) is 42.3 Å². The minimum Gasteiger partial charge on any atom is -0.324 e. The maximum atomic E-state index is 12.9. The molecule has 0 aliphatic rings. The van der Waals surface area contributed by atoms with Crippen LogP contribution in [0, 0.1) is 0 Å². The number of carbonyl (C=O) groups is 1. The van der Waals surface area contributed by atoms with Crippen LogP contribution in [0.25, 0.3) is 0 Å². The van der Waals surface area contributed by atoms with Crippen molar-refractivity contribution in [3.63, 3.8) is 0 Å². The van der Waals surface area contributed by atoms with Crippen LogP contribution in [0.2, 0.25) is 0 Å². The van der Waals surface area contributed by atoms with Gasteiger partial charge in [-0.3, -0.25) is 4.79 Å². The van der Waals surface area contributed by atoms with E-state index in [1.54, 1.807) is 17.3 Å². The number of nitrogens with zero attached hydrogens (tertiary/aromatic N) is 3. The molecular weight excluding hydrogens is 348 g/mol. The van der Waals surface area contributed by atoms with Gasteiger partial charge in [-0.1, -0.05) is 50.2 Å². The second-order valence-electron chi connectivity index (χ2n) is 6.46. The summed E-state index contributed by atoms with van der Waals surface area (Å²) in [5.41, 5.74) is 4.84. The molecule has 0 aliphatic carbocycles. The van der Waals surface area contributed by atoms with Gasteiger partial charge in [0.05, 0.1) is 5.56 Å². The maximum absolute atomic E-state index is 12.9. The average Bonchev–Trinajstić information content (AvgIpc) is 2.75. The molecule has 1 N–H and O–H groups in total. The van der Waals surface area contributed by atoms with Crippen LogP contribution >= 0.6 is 0 Å². The lowest BCUT2D eigenvalue weighted by Crippen LogP contribution is -2.30. The molecule has 2 aromatic carbocycles. The van der Waals surface area contributed by atoms with E-state index in [1.165, 1.54) is 11.1 Å². The van der Waals surface area contributed by atoms with Crippen molar-refractivity contribution in [2.75, 3.05) is 16.8 Å². The van der Waals surface area contributed by atoms with E-state index in [1.807, 2.05) is 37.3 Å². The highest BCUT2D eigenvalue weighted by molar-refractivity contribution is 6.05. The molecule has 1 aromatic heterocycles. The number of benzene rings is 2. The van der Waals surface area contributed by atoms with Gasteiger partial charge in [0, 0.05) is 30.3 Å². The summed E-state index contributed by atoms with van der Waals surface area (Å²) in [5.74, 6) is 0.387. The van der Waals surface area contributed by atoms with Gasteiger partial charge in [-0.15, -0.1) is 0 Å². The van der Waals surface area contributed by atoms with Gasteiger partial charge in [0.2, 0.25) is 5.95 Å². The molecule has 0 saturated carbocycles. The second kappa shape index (κ2) is 9.13. The summed E-state index contributed by atoms with van der Waals surface area (Å²) in [5, 5.41) is 3.34. The molecule has 144 valence electrons. The summed E-state index contributed by atoms with van der Waals surface area (Å²) in [6, 6.07) is 15.9. The maximum Gasteiger partial charge on any atom is 0.261 e. The van der Waals surface area contributed by atoms with E-state index in [0.29, 0.717) is 18.1 Å². The van der Waals surface area contributed by atoms with E-state index in [9.17, 15) is 4.79 Å². The van der Waals surface area contributed by atoms with Crippen LogP contribution in [0.3, 0.4) is 0 Å². The first-order valence-electron chi connectivity index (χ1n) is 9.74. The van der Waals surface area contributed by atoms with Gasteiger partial charge in [0.1, 0.15) is 0 Å². The van der Waals surface area contributed by atoms with Crippen molar-refractivity contribution in [1.82, 2.24) is 9.97 Å². The molecule has 0 spiro atoms. The molecule has 5 heteroatoms. The third-order valence-corrected chi connectivity index (χ3v) is 4.76. The third-order valence-electron chi connectivity index (χ3n) is 4.76. The van der Waals surface area contributed by atoms with Crippen molar-refractivity contribution in [3.8, 4) is 0 Å². The summed E-state index contributed by atoms with van der Waals surface area (Å²) in [7, 11) is 0. The van der Waals surface area contributed by atoms with Crippen molar-refractivity contribution < 1.29 is 4.79 Å². The third kappa shape index (κ3) is 4.19. The molecule has 3 rings (SSSR count). The Bertz CT molecular complexity index is 901. The first-order valence-corrected chi connectivity index (χ1v) is 9.74. The van der Waals surface area contributed by atoms with Crippen molar-refractivity contribution in [3.05, 3.63) is 77.6 Å². The Morgan fingerprint density at radius 3 is 2.04 bits per heavy atom. The molecule has 0 unspecified atom stereocenters. The van der Waals surface area contributed by atoms with E-state index in [4.69, 9.17) is 0 Å². The van der Waals surface area contributed by atoms with Crippen LogP contribution in [0.15, 0.2) is 60.9 Å². The molecule has 0 radical (unpaired) electrons. The topological polar surface area (TPSA) is 58.1 Å². The molecule has 5 nitrogen and oxygen atoms in total. The van der Waals surface area contributed by atoms with Gasteiger partial charge >= 0.3 is 0 Å². The number of rotatable bonds is 7. The Balaban J connectivity index is 1.82. The lowest BCUT2D eigenvalue weighted by atomic mass is 10.0. The number of aromatic nitrogens is 2. The predicted molar refractivity (Wildman–Crippen MR) is 114 cm³/mol. The number of hydrogen-bond donors (Lipinski definition) is 1. The quantitative estimate of drug-likeness (QED) is 0.631. The van der Waals surface area contributed by atoms with Gasteiger partial charge in [-0.25, -0.2) is 9.97 Å². The van der Waals surface area contributed by atoms with Gasteiger partial charge in [-0.2, -0.15) is 0 Å². The highest BCUT2D eigenvalue weighted by Gasteiger charge is 2.17. The number of anilines is 3. The van der Waals surface area contributed by atoms with Crippen LogP contribution in [0.4, 0.5) is 17.3 Å². The number of carbonyl (C=O) groups excluding carboxylic acids is 1. The average molecular weight is 374 g/mol. The number of para-hydroxylation sites is 2. The summed E-state index contributed by atoms with van der Waals surface area (Å²) in [4.78, 5) is 23.4. The lowest BCUT2D eigenvalue weighted by Gasteiger charge is -2.21. The summed E-state index contributed by atoms with van der Waals surface area (Å²) in [6.07, 6.45) is 5.03. The molecule has 0 bridgehead atoms. The van der Waals surface area contributed by atoms with Crippen LogP contribution in [-0.4, -0.2) is 22.4 Å². The zero-order valence-corrected chi connectivity index (χ0v) is 16.6. The Hall–Kier alpha value is -3.21. The zero-order valence-electron chi connectivity index (χ0n) is 16.6. The SMILES string of the molecule is CCc1cccc(CC)c1Nc1ncc(C(=O)N(CC)c2ccccc2)cn1. The Morgan fingerprint density at radius 2 is 1.50 bits per heavy atom. The van der Waals surface area contributed by atoms with Crippen LogP contribution in [-0.2, 0) is 12.8 Å². The summed E-state index contributed by atoms with van der Waals surface area (Å²) >= 11 is 0. The zero-order chi connectivity index (χ0) is 19.9. The van der Waals surface area contributed by atoms with E-state index < -0.39 is 0 Å². The smallest absolute Gasteiger partial charge is 0.261 e. The second-order valence-corrected chi connectivity index (χ2v) is 6.46. The first kappa shape index (κ1) is 19.5. The molecule has 28 heavy (non-hydrogen) atoms. The standard InChI is InChI=1S/C23H26N4O/c1-4-17-11-10-12-18(5-2)21(17)26-23-24-15-19(16-25-23)22(28)27(6-3)20-13-8-7-9-14-20/h7-16H,4-6H2,1-3H3,(H,24,25,26). The van der Waals surface area contributed by atoms with Crippen LogP contribution < -0.4 is 10.2 Å². The molecule has 0 atom stereocenters. The van der Waals surface area contributed by atoms with Crippen molar-refractivity contribution in [2.45, 2.75) is 33.6 Å². The molecule has 0 fully saturated rings. The number of aryl methyl sites for hydroxylation is 2. The number of hydrogen-bond acceptors (Lipinski definition) is 4. The predicted octanol–water partition coefficient (Wildman–Crippen LogP) is 5.01. The number of nitrogens with one attached hydrogen (secondary N) is 1. The Labute approximate surface area is 166 Å². The van der Waals surface area contributed by atoms with Gasteiger partial charge < -0.3 is 10.2 Å². The van der Waals surface area contributed by atoms with Crippen LogP contribution in [0.5, 0.6) is 0 Å². The molecule has 3 aromatic rings. The normalized spacial score (nSPS) is 10.5. The van der Waals surface area contributed by atoms with Crippen molar-refractivity contribution in [2.24, 2.45) is 0 Å². The Morgan fingerprint density at radius 1 is 0.893 bits per heavy atom. The molecule has 0 aliphatic heterocycles. The fraction of sp³-hybridized carbons (Fsp3) is 0.261. The lowest BCUT2D eigenvalue weighted by molar-refractivity contribution is 0.0987. The van der Waals surface area contributed by atoms with E-state index in [0.717, 1.165) is 24.2 Å². The summed E-state index contributed by atoms with van der Waals surface area (Å²) in [6.45, 7) is 6.79. The molecule has 1 amide bonds. The minimum atomic E-state index is -0.108. The van der Waals surface area contributed by atoms with Crippen molar-refractivity contribution >= 4 is 23.2 Å². The summed E-state index contributed by atoms with van der Waals surface area (Å²) < 4.78 is 0. The fourth-order valence-corrected chi connectivity index (χ4v) is 3.23. The molecule has 1 heterocycles. The Kier molecular flexibility index (Phi) is 6.37. The molecular formula is C23H26N4O. The van der Waals surface area contributed by atoms with E-state index >= 15 is 0 Å². The minimum absolute atomic E-state index is 0.108. The molecule has 0 saturated heterocycles. The number of amides is 1. The van der Waals surface area contributed by atoms with Gasteiger partial charge in [0.25, 0.3) is 5.91 Å². The van der Waals surface area contributed by atoms with Gasteiger partial charge in [-0.05, 0) is 43.0 Å². The van der Waals surface area contributed by atoms with E-state index in [2.05, 4.69) is 47.3 Å². The highest BCUT2D eigenvalue weighted by Crippen LogP contribution is 2.25. The van der Waals surface area contributed by atoms with Gasteiger partial charge in [0.15, 0.2) is 0 Å². The van der Waals surface area contributed by atoms with E-state index in [-0.39, 0.29) is 5.91 Å². The fourth-order valence-electron chi connectivity index (χ4n) is 3.23.